The van der Waals surface area contributed by atoms with E-state index in [1.165, 1.54) is 16.7 Å². The second kappa shape index (κ2) is 11.2. The number of fused-ring (bicyclic) bond motifs is 1. The molecule has 0 atom stereocenters. The molecule has 11 nitrogen and oxygen atoms in total. The number of aromatic amines is 1. The van der Waals surface area contributed by atoms with Crippen molar-refractivity contribution >= 4 is 29.5 Å². The third kappa shape index (κ3) is 5.66. The van der Waals surface area contributed by atoms with Crippen LogP contribution in [0.4, 0.5) is 11.5 Å². The molecule has 34 heavy (non-hydrogen) atoms. The number of carbonyl (C=O) groups is 2. The Hall–Kier alpha value is -4.02. The Balaban J connectivity index is 1.72. The summed E-state index contributed by atoms with van der Waals surface area (Å²) in [4.78, 5) is 53.1. The lowest BCUT2D eigenvalue weighted by molar-refractivity contribution is -0.142. The zero-order chi connectivity index (χ0) is 24.7. The maximum Gasteiger partial charge on any atom is 0.331 e. The van der Waals surface area contributed by atoms with Gasteiger partial charge in [-0.3, -0.25) is 19.1 Å². The van der Waals surface area contributed by atoms with Crippen molar-refractivity contribution in [3.8, 4) is 11.5 Å². The number of hydrogen-bond acceptors (Lipinski definition) is 8. The number of ether oxygens (including phenoxy) is 3. The van der Waals surface area contributed by atoms with Gasteiger partial charge in [-0.25, -0.2) is 9.59 Å². The highest BCUT2D eigenvalue weighted by molar-refractivity contribution is 5.98. The second-order valence-corrected chi connectivity index (χ2v) is 7.60. The normalized spacial score (nSPS) is 12.2. The number of nitrogens with two attached hydrogens (primary N) is 1. The SMILES string of the molecule is CCCCN(C(=O)COC(=O)/C=C/c1ccc2c(c1)OCO2)c1c(N)n(CCC)c(=O)[nH]c1=O. The van der Waals surface area contributed by atoms with Crippen molar-refractivity contribution in [2.75, 3.05) is 30.6 Å². The van der Waals surface area contributed by atoms with Gasteiger partial charge in [-0.2, -0.15) is 0 Å². The molecule has 0 aliphatic carbocycles. The Bertz CT molecular complexity index is 1200. The van der Waals surface area contributed by atoms with Crippen molar-refractivity contribution < 1.29 is 23.8 Å². The number of anilines is 2. The summed E-state index contributed by atoms with van der Waals surface area (Å²) >= 11 is 0. The molecule has 0 spiro atoms. The fourth-order valence-corrected chi connectivity index (χ4v) is 3.40. The van der Waals surface area contributed by atoms with E-state index < -0.39 is 29.7 Å². The van der Waals surface area contributed by atoms with Crippen LogP contribution in [0.5, 0.6) is 11.5 Å². The standard InChI is InChI=1S/C23H28N4O7/c1-3-5-11-26(20-21(24)27(10-4-2)23(31)25-22(20)30)18(28)13-32-19(29)9-7-15-6-8-16-17(12-15)34-14-33-16/h6-9,12H,3-5,10-11,13-14,24H2,1-2H3,(H,25,30,31)/b9-7+. The molecule has 1 amide bonds. The zero-order valence-corrected chi connectivity index (χ0v) is 19.2. The van der Waals surface area contributed by atoms with Crippen molar-refractivity contribution in [3.05, 3.63) is 50.7 Å². The van der Waals surface area contributed by atoms with Gasteiger partial charge in [-0.1, -0.05) is 26.3 Å². The largest absolute Gasteiger partial charge is 0.454 e. The average Bonchev–Trinajstić information content (AvgIpc) is 3.28. The van der Waals surface area contributed by atoms with E-state index in [-0.39, 0.29) is 31.4 Å². The number of benzene rings is 1. The fourth-order valence-electron chi connectivity index (χ4n) is 3.40. The highest BCUT2D eigenvalue weighted by atomic mass is 16.7. The number of aromatic nitrogens is 2. The molecular formula is C23H28N4O7. The van der Waals surface area contributed by atoms with E-state index in [1.807, 2.05) is 13.8 Å². The topological polar surface area (TPSA) is 146 Å². The Morgan fingerprint density at radius 3 is 2.71 bits per heavy atom. The van der Waals surface area contributed by atoms with Crippen molar-refractivity contribution in [2.45, 2.75) is 39.7 Å². The molecule has 2 heterocycles. The van der Waals surface area contributed by atoms with E-state index in [1.54, 1.807) is 18.2 Å². The van der Waals surface area contributed by atoms with Crippen LogP contribution < -0.4 is 31.4 Å². The fraction of sp³-hybridized carbons (Fsp3) is 0.391. The van der Waals surface area contributed by atoms with Crippen LogP contribution in [0.15, 0.2) is 33.9 Å². The molecule has 182 valence electrons. The molecule has 0 saturated heterocycles. The minimum atomic E-state index is -0.770. The van der Waals surface area contributed by atoms with Crippen LogP contribution in [0.3, 0.4) is 0 Å². The summed E-state index contributed by atoms with van der Waals surface area (Å²) in [6.45, 7) is 3.79. The van der Waals surface area contributed by atoms with Crippen molar-refractivity contribution in [1.29, 1.82) is 0 Å². The summed E-state index contributed by atoms with van der Waals surface area (Å²) in [6, 6.07) is 5.18. The number of nitrogen functional groups attached to an aromatic ring is 1. The molecule has 0 bridgehead atoms. The quantitative estimate of drug-likeness (QED) is 0.392. The first-order valence-corrected chi connectivity index (χ1v) is 11.0. The lowest BCUT2D eigenvalue weighted by Gasteiger charge is -2.24. The highest BCUT2D eigenvalue weighted by Gasteiger charge is 2.24. The number of nitrogens with zero attached hydrogens (tertiary/aromatic N) is 2. The lowest BCUT2D eigenvalue weighted by Crippen LogP contribution is -2.43. The van der Waals surface area contributed by atoms with E-state index in [9.17, 15) is 19.2 Å². The van der Waals surface area contributed by atoms with Crippen LogP contribution in [-0.4, -0.2) is 41.4 Å². The number of esters is 1. The van der Waals surface area contributed by atoms with Gasteiger partial charge >= 0.3 is 11.7 Å². The summed E-state index contributed by atoms with van der Waals surface area (Å²) in [5.74, 6) is -0.271. The van der Waals surface area contributed by atoms with E-state index >= 15 is 0 Å². The van der Waals surface area contributed by atoms with E-state index in [2.05, 4.69) is 4.98 Å². The first-order valence-electron chi connectivity index (χ1n) is 11.0. The van der Waals surface area contributed by atoms with Crippen LogP contribution in [0, 0.1) is 0 Å². The minimum absolute atomic E-state index is 0.103. The zero-order valence-electron chi connectivity index (χ0n) is 19.2. The maximum absolute atomic E-state index is 12.9. The van der Waals surface area contributed by atoms with Gasteiger partial charge < -0.3 is 24.8 Å². The van der Waals surface area contributed by atoms with Gasteiger partial charge in [-0.15, -0.1) is 0 Å². The van der Waals surface area contributed by atoms with Crippen molar-refractivity contribution in [2.24, 2.45) is 0 Å². The summed E-state index contributed by atoms with van der Waals surface area (Å²) < 4.78 is 16.8. The Morgan fingerprint density at radius 2 is 1.97 bits per heavy atom. The Morgan fingerprint density at radius 1 is 1.21 bits per heavy atom. The van der Waals surface area contributed by atoms with Crippen LogP contribution in [0.2, 0.25) is 0 Å². The summed E-state index contributed by atoms with van der Waals surface area (Å²) in [7, 11) is 0. The molecule has 3 rings (SSSR count). The number of hydrogen-bond donors (Lipinski definition) is 2. The van der Waals surface area contributed by atoms with Crippen LogP contribution in [0.25, 0.3) is 6.08 Å². The molecule has 0 radical (unpaired) electrons. The Labute approximate surface area is 195 Å². The maximum atomic E-state index is 12.9. The average molecular weight is 472 g/mol. The third-order valence-electron chi connectivity index (χ3n) is 5.11. The smallest absolute Gasteiger partial charge is 0.331 e. The van der Waals surface area contributed by atoms with Gasteiger partial charge in [0.1, 0.15) is 5.82 Å². The number of nitrogens with one attached hydrogen (secondary N) is 1. The van der Waals surface area contributed by atoms with Gasteiger partial charge in [-0.05, 0) is 36.6 Å². The first-order chi connectivity index (χ1) is 16.3. The van der Waals surface area contributed by atoms with Gasteiger partial charge in [0.05, 0.1) is 0 Å². The minimum Gasteiger partial charge on any atom is -0.454 e. The molecule has 0 fully saturated rings. The van der Waals surface area contributed by atoms with E-state index in [4.69, 9.17) is 19.9 Å². The number of amides is 1. The molecule has 3 N–H and O–H groups in total. The molecule has 1 aromatic heterocycles. The third-order valence-corrected chi connectivity index (χ3v) is 5.11. The van der Waals surface area contributed by atoms with E-state index in [0.29, 0.717) is 29.9 Å². The molecular weight excluding hydrogens is 444 g/mol. The first kappa shape index (κ1) is 24.6. The number of rotatable bonds is 10. The molecule has 2 aromatic rings. The van der Waals surface area contributed by atoms with Crippen LogP contribution >= 0.6 is 0 Å². The van der Waals surface area contributed by atoms with Gasteiger partial charge in [0.25, 0.3) is 11.5 Å². The predicted molar refractivity (Wildman–Crippen MR) is 126 cm³/mol. The summed E-state index contributed by atoms with van der Waals surface area (Å²) in [5.41, 5.74) is 5.25. The molecule has 1 aliphatic rings. The van der Waals surface area contributed by atoms with Crippen LogP contribution in [-0.2, 0) is 20.9 Å². The van der Waals surface area contributed by atoms with Gasteiger partial charge in [0.15, 0.2) is 23.8 Å². The van der Waals surface area contributed by atoms with Crippen molar-refractivity contribution in [1.82, 2.24) is 9.55 Å². The lowest BCUT2D eigenvalue weighted by atomic mass is 10.2. The molecule has 0 unspecified atom stereocenters. The molecule has 0 saturated carbocycles. The van der Waals surface area contributed by atoms with Gasteiger partial charge in [0, 0.05) is 19.2 Å². The summed E-state index contributed by atoms with van der Waals surface area (Å²) in [6.07, 6.45) is 4.63. The molecule has 11 heteroatoms. The molecule has 1 aliphatic heterocycles. The number of unbranched alkanes of at least 4 members (excludes halogenated alkanes) is 1. The monoisotopic (exact) mass is 472 g/mol. The second-order valence-electron chi connectivity index (χ2n) is 7.60. The number of carbonyl (C=O) groups excluding carboxylic acids is 2. The number of H-pyrrole nitrogens is 1. The van der Waals surface area contributed by atoms with Crippen molar-refractivity contribution in [3.63, 3.8) is 0 Å². The molecule has 1 aromatic carbocycles. The van der Waals surface area contributed by atoms with Crippen LogP contribution in [0.1, 0.15) is 38.7 Å². The van der Waals surface area contributed by atoms with E-state index in [0.717, 1.165) is 11.3 Å². The highest BCUT2D eigenvalue weighted by Crippen LogP contribution is 2.32. The van der Waals surface area contributed by atoms with Gasteiger partial charge in [0.2, 0.25) is 6.79 Å². The summed E-state index contributed by atoms with van der Waals surface area (Å²) in [5, 5.41) is 0. The predicted octanol–water partition coefficient (Wildman–Crippen LogP) is 1.65. The Kier molecular flexibility index (Phi) is 8.12.